The number of nitrogens with one attached hydrogen (secondary N) is 2. The Labute approximate surface area is 176 Å². The molecule has 3 rings (SSSR count). The summed E-state index contributed by atoms with van der Waals surface area (Å²) in [5.74, 6) is -0.658. The van der Waals surface area contributed by atoms with Crippen LogP contribution in [0.25, 0.3) is 0 Å². The Morgan fingerprint density at radius 3 is 2.63 bits per heavy atom. The zero-order valence-corrected chi connectivity index (χ0v) is 16.9. The van der Waals surface area contributed by atoms with Crippen LogP contribution in [-0.2, 0) is 18.3 Å². The Hall–Kier alpha value is -3.40. The summed E-state index contributed by atoms with van der Waals surface area (Å²) in [7, 11) is 1.76. The summed E-state index contributed by atoms with van der Waals surface area (Å²) in [6, 6.07) is 12.2. The van der Waals surface area contributed by atoms with Gasteiger partial charge in [0.15, 0.2) is 5.16 Å². The van der Waals surface area contributed by atoms with E-state index in [2.05, 4.69) is 20.8 Å². The standard InChI is InChI=1S/C20H20FN5O3S/c1-26-17(10-11-22-19(29)13-6-2-3-7-14(13)21)24-25-20(26)30-12-18(28)23-15-8-4-5-9-16(15)27/h2-9,27H,10-12H2,1H3,(H,22,29)(H,23,28). The van der Waals surface area contributed by atoms with Crippen molar-refractivity contribution in [2.24, 2.45) is 7.05 Å². The van der Waals surface area contributed by atoms with Crippen molar-refractivity contribution in [1.29, 1.82) is 0 Å². The highest BCUT2D eigenvalue weighted by Crippen LogP contribution is 2.22. The Morgan fingerprint density at radius 2 is 1.87 bits per heavy atom. The molecule has 0 bridgehead atoms. The maximum absolute atomic E-state index is 13.6. The van der Waals surface area contributed by atoms with E-state index in [1.807, 2.05) is 0 Å². The fraction of sp³-hybridized carbons (Fsp3) is 0.200. The van der Waals surface area contributed by atoms with E-state index >= 15 is 0 Å². The maximum atomic E-state index is 13.6. The number of benzene rings is 2. The number of hydrogen-bond acceptors (Lipinski definition) is 6. The monoisotopic (exact) mass is 429 g/mol. The first kappa shape index (κ1) is 21.3. The fourth-order valence-corrected chi connectivity index (χ4v) is 3.34. The second-order valence-electron chi connectivity index (χ2n) is 6.30. The van der Waals surface area contributed by atoms with E-state index in [4.69, 9.17) is 0 Å². The van der Waals surface area contributed by atoms with Gasteiger partial charge in [-0.05, 0) is 24.3 Å². The van der Waals surface area contributed by atoms with Gasteiger partial charge in [0.2, 0.25) is 5.91 Å². The van der Waals surface area contributed by atoms with E-state index in [0.29, 0.717) is 23.1 Å². The number of halogens is 1. The van der Waals surface area contributed by atoms with Gasteiger partial charge in [0, 0.05) is 20.0 Å². The first-order chi connectivity index (χ1) is 14.5. The minimum Gasteiger partial charge on any atom is -0.506 e. The van der Waals surface area contributed by atoms with Gasteiger partial charge in [0.1, 0.15) is 17.4 Å². The van der Waals surface area contributed by atoms with E-state index in [-0.39, 0.29) is 29.5 Å². The molecule has 1 heterocycles. The molecule has 3 aromatic rings. The molecule has 0 fully saturated rings. The molecule has 0 saturated carbocycles. The lowest BCUT2D eigenvalue weighted by Gasteiger charge is -2.07. The van der Waals surface area contributed by atoms with Crippen molar-refractivity contribution < 1.29 is 19.1 Å². The highest BCUT2D eigenvalue weighted by molar-refractivity contribution is 7.99. The Balaban J connectivity index is 1.48. The molecule has 1 aromatic heterocycles. The molecular weight excluding hydrogens is 409 g/mol. The molecule has 3 N–H and O–H groups in total. The van der Waals surface area contributed by atoms with E-state index < -0.39 is 11.7 Å². The van der Waals surface area contributed by atoms with E-state index in [1.165, 1.54) is 36.0 Å². The summed E-state index contributed by atoms with van der Waals surface area (Å²) >= 11 is 1.20. The molecule has 0 aliphatic heterocycles. The number of thioether (sulfide) groups is 1. The van der Waals surface area contributed by atoms with Crippen LogP contribution in [0.1, 0.15) is 16.2 Å². The molecule has 156 valence electrons. The summed E-state index contributed by atoms with van der Waals surface area (Å²) < 4.78 is 15.4. The average molecular weight is 429 g/mol. The Kier molecular flexibility index (Phi) is 7.02. The topological polar surface area (TPSA) is 109 Å². The SMILES string of the molecule is Cn1c(CCNC(=O)c2ccccc2F)nnc1SCC(=O)Nc1ccccc1O. The minimum atomic E-state index is -0.575. The van der Waals surface area contributed by atoms with Gasteiger partial charge < -0.3 is 20.3 Å². The van der Waals surface area contributed by atoms with Crippen LogP contribution in [0.5, 0.6) is 5.75 Å². The van der Waals surface area contributed by atoms with E-state index in [1.54, 1.807) is 35.9 Å². The summed E-state index contributed by atoms with van der Waals surface area (Å²) in [6.07, 6.45) is 0.397. The number of phenolic OH excluding ortho intramolecular Hbond substituents is 1. The highest BCUT2D eigenvalue weighted by atomic mass is 32.2. The van der Waals surface area contributed by atoms with Crippen LogP contribution in [0, 0.1) is 5.82 Å². The number of aromatic hydroxyl groups is 1. The molecule has 30 heavy (non-hydrogen) atoms. The first-order valence-corrected chi connectivity index (χ1v) is 10.1. The second-order valence-corrected chi connectivity index (χ2v) is 7.24. The number of aromatic nitrogens is 3. The third-order valence-electron chi connectivity index (χ3n) is 4.19. The normalized spacial score (nSPS) is 10.6. The quantitative estimate of drug-likeness (QED) is 0.375. The summed E-state index contributed by atoms with van der Waals surface area (Å²) in [5, 5.41) is 23.7. The first-order valence-electron chi connectivity index (χ1n) is 9.07. The maximum Gasteiger partial charge on any atom is 0.254 e. The van der Waals surface area contributed by atoms with Gasteiger partial charge in [-0.15, -0.1) is 10.2 Å². The summed E-state index contributed by atoms with van der Waals surface area (Å²) in [4.78, 5) is 24.1. The molecule has 0 aliphatic rings. The van der Waals surface area contributed by atoms with E-state index in [0.717, 1.165) is 0 Å². The van der Waals surface area contributed by atoms with Crippen molar-refractivity contribution in [3.05, 3.63) is 65.7 Å². The second kappa shape index (κ2) is 9.88. The number of phenols is 1. The third kappa shape index (κ3) is 5.35. The molecule has 2 amide bonds. The zero-order valence-electron chi connectivity index (χ0n) is 16.1. The van der Waals surface area contributed by atoms with Crippen LogP contribution >= 0.6 is 11.8 Å². The van der Waals surface area contributed by atoms with Gasteiger partial charge in [-0.1, -0.05) is 36.0 Å². The smallest absolute Gasteiger partial charge is 0.254 e. The van der Waals surface area contributed by atoms with E-state index in [9.17, 15) is 19.1 Å². The van der Waals surface area contributed by atoms with Crippen LogP contribution in [0.3, 0.4) is 0 Å². The molecule has 0 unspecified atom stereocenters. The Bertz CT molecular complexity index is 1060. The fourth-order valence-electron chi connectivity index (χ4n) is 2.61. The molecule has 0 spiro atoms. The zero-order chi connectivity index (χ0) is 21.5. The number of para-hydroxylation sites is 2. The molecule has 0 radical (unpaired) electrons. The largest absolute Gasteiger partial charge is 0.506 e. The van der Waals surface area contributed by atoms with Gasteiger partial charge in [-0.2, -0.15) is 0 Å². The average Bonchev–Trinajstić information content (AvgIpc) is 3.08. The lowest BCUT2D eigenvalue weighted by Crippen LogP contribution is -2.27. The summed E-state index contributed by atoms with van der Waals surface area (Å²) in [5.41, 5.74) is 0.328. The molecular formula is C20H20FN5O3S. The molecule has 0 atom stereocenters. The number of anilines is 1. The Morgan fingerprint density at radius 1 is 1.13 bits per heavy atom. The van der Waals surface area contributed by atoms with Crippen LogP contribution < -0.4 is 10.6 Å². The highest BCUT2D eigenvalue weighted by Gasteiger charge is 2.14. The van der Waals surface area contributed by atoms with Crippen molar-refractivity contribution in [2.75, 3.05) is 17.6 Å². The summed E-state index contributed by atoms with van der Waals surface area (Å²) in [6.45, 7) is 0.261. The number of nitrogens with zero attached hydrogens (tertiary/aromatic N) is 3. The minimum absolute atomic E-state index is 0.00535. The third-order valence-corrected chi connectivity index (χ3v) is 5.21. The van der Waals surface area contributed by atoms with Crippen LogP contribution in [-0.4, -0.2) is 44.0 Å². The number of amides is 2. The van der Waals surface area contributed by atoms with Crippen LogP contribution in [0.15, 0.2) is 53.7 Å². The van der Waals surface area contributed by atoms with Crippen LogP contribution in [0.4, 0.5) is 10.1 Å². The predicted octanol–water partition coefficient (Wildman–Crippen LogP) is 2.36. The molecule has 0 aliphatic carbocycles. The lowest BCUT2D eigenvalue weighted by atomic mass is 10.2. The van der Waals surface area contributed by atoms with Crippen molar-refractivity contribution in [3.8, 4) is 5.75 Å². The predicted molar refractivity (Wildman–Crippen MR) is 111 cm³/mol. The number of carbonyl (C=O) groups is 2. The van der Waals surface area contributed by atoms with Gasteiger partial charge in [0.05, 0.1) is 17.0 Å². The number of hydrogen-bond donors (Lipinski definition) is 3. The van der Waals surface area contributed by atoms with Crippen molar-refractivity contribution in [1.82, 2.24) is 20.1 Å². The van der Waals surface area contributed by atoms with Crippen molar-refractivity contribution >= 4 is 29.3 Å². The lowest BCUT2D eigenvalue weighted by molar-refractivity contribution is -0.113. The number of carbonyl (C=O) groups excluding carboxylic acids is 2. The molecule has 0 saturated heterocycles. The van der Waals surface area contributed by atoms with Crippen molar-refractivity contribution in [2.45, 2.75) is 11.6 Å². The molecule has 8 nitrogen and oxygen atoms in total. The van der Waals surface area contributed by atoms with Gasteiger partial charge in [-0.3, -0.25) is 9.59 Å². The van der Waals surface area contributed by atoms with Gasteiger partial charge in [0.25, 0.3) is 5.91 Å². The van der Waals surface area contributed by atoms with Gasteiger partial charge in [-0.25, -0.2) is 4.39 Å². The van der Waals surface area contributed by atoms with Gasteiger partial charge >= 0.3 is 0 Å². The number of rotatable bonds is 8. The van der Waals surface area contributed by atoms with Crippen molar-refractivity contribution in [3.63, 3.8) is 0 Å². The molecule has 10 heteroatoms. The molecule has 2 aromatic carbocycles. The van der Waals surface area contributed by atoms with Crippen LogP contribution in [0.2, 0.25) is 0 Å².